The third kappa shape index (κ3) is 10.2. The molecule has 40 heavy (non-hydrogen) atoms. The van der Waals surface area contributed by atoms with Crippen LogP contribution in [0, 0.1) is 0 Å². The van der Waals surface area contributed by atoms with Crippen molar-refractivity contribution in [3.63, 3.8) is 0 Å². The average Bonchev–Trinajstić information content (AvgIpc) is 2.95. The highest BCUT2D eigenvalue weighted by Crippen LogP contribution is 2.17. The van der Waals surface area contributed by atoms with Crippen LogP contribution in [0.3, 0.4) is 0 Å². The number of hydrogen-bond acceptors (Lipinski definition) is 5. The first-order chi connectivity index (χ1) is 19.3. The Kier molecular flexibility index (Phi) is 12.3. The third-order valence-corrected chi connectivity index (χ3v) is 7.61. The summed E-state index contributed by atoms with van der Waals surface area (Å²) in [6.45, 7) is 3.27. The Morgan fingerprint density at radius 3 is 1.88 bits per heavy atom. The molecule has 214 valence electrons. The lowest BCUT2D eigenvalue weighted by atomic mass is 10.0. The van der Waals surface area contributed by atoms with Gasteiger partial charge in [-0.05, 0) is 30.0 Å². The van der Waals surface area contributed by atoms with Crippen LogP contribution in [-0.4, -0.2) is 68.0 Å². The molecule has 3 rings (SSSR count). The van der Waals surface area contributed by atoms with Gasteiger partial charge in [0.05, 0.1) is 12.8 Å². The van der Waals surface area contributed by atoms with Crippen molar-refractivity contribution in [2.45, 2.75) is 38.9 Å². The highest BCUT2D eigenvalue weighted by molar-refractivity contribution is 7.88. The molecule has 9 heteroatoms. The Bertz CT molecular complexity index is 1290. The molecule has 0 fully saturated rings. The van der Waals surface area contributed by atoms with Crippen molar-refractivity contribution in [1.29, 1.82) is 0 Å². The van der Waals surface area contributed by atoms with Crippen molar-refractivity contribution in [3.05, 3.63) is 108 Å². The molecule has 8 nitrogen and oxygen atoms in total. The van der Waals surface area contributed by atoms with Crippen LogP contribution in [0.1, 0.15) is 30.0 Å². The standard InChI is InChI=1S/C31H39N3O5S/c1-3-39-21-13-20-32-31(36)29(22-26-14-7-4-8-15-26)34(24-28-18-11-6-12-19-28)30(35)25-33(40(2,37)38)23-27-16-9-5-10-17-27/h4-12,14-19,29H,3,13,20-25H2,1-2H3,(H,32,36). The molecule has 0 saturated heterocycles. The molecule has 3 aromatic rings. The van der Waals surface area contributed by atoms with Crippen LogP contribution < -0.4 is 5.32 Å². The predicted octanol–water partition coefficient (Wildman–Crippen LogP) is 3.63. The van der Waals surface area contributed by atoms with E-state index in [1.54, 1.807) is 0 Å². The van der Waals surface area contributed by atoms with E-state index < -0.39 is 22.0 Å². The number of nitrogens with zero attached hydrogens (tertiary/aromatic N) is 2. The molecule has 0 aromatic heterocycles. The summed E-state index contributed by atoms with van der Waals surface area (Å²) in [5, 5.41) is 2.96. The maximum Gasteiger partial charge on any atom is 0.243 e. The van der Waals surface area contributed by atoms with E-state index in [-0.39, 0.29) is 32.0 Å². The van der Waals surface area contributed by atoms with Gasteiger partial charge in [0, 0.05) is 39.3 Å². The molecule has 1 N–H and O–H groups in total. The number of rotatable bonds is 16. The second-order valence-electron chi connectivity index (χ2n) is 9.57. The Morgan fingerprint density at radius 2 is 1.35 bits per heavy atom. The van der Waals surface area contributed by atoms with Crippen molar-refractivity contribution in [2.75, 3.05) is 32.6 Å². The lowest BCUT2D eigenvalue weighted by molar-refractivity contribution is -0.141. The highest BCUT2D eigenvalue weighted by Gasteiger charge is 2.32. The summed E-state index contributed by atoms with van der Waals surface area (Å²) >= 11 is 0. The number of benzene rings is 3. The van der Waals surface area contributed by atoms with E-state index in [1.807, 2.05) is 97.9 Å². The smallest absolute Gasteiger partial charge is 0.243 e. The molecule has 0 spiro atoms. The highest BCUT2D eigenvalue weighted by atomic mass is 32.2. The second-order valence-corrected chi connectivity index (χ2v) is 11.6. The average molecular weight is 566 g/mol. The van der Waals surface area contributed by atoms with Crippen LogP contribution in [0.15, 0.2) is 91.0 Å². The van der Waals surface area contributed by atoms with E-state index in [1.165, 1.54) is 4.90 Å². The van der Waals surface area contributed by atoms with Gasteiger partial charge in [-0.3, -0.25) is 9.59 Å². The molecule has 0 bridgehead atoms. The van der Waals surface area contributed by atoms with Gasteiger partial charge in [-0.25, -0.2) is 8.42 Å². The lowest BCUT2D eigenvalue weighted by Crippen LogP contribution is -2.53. The van der Waals surface area contributed by atoms with Crippen molar-refractivity contribution >= 4 is 21.8 Å². The van der Waals surface area contributed by atoms with Gasteiger partial charge in [0.25, 0.3) is 0 Å². The maximum atomic E-state index is 14.0. The number of nitrogens with one attached hydrogen (secondary N) is 1. The summed E-state index contributed by atoms with van der Waals surface area (Å²) in [6.07, 6.45) is 2.02. The maximum absolute atomic E-state index is 14.0. The van der Waals surface area contributed by atoms with Crippen LogP contribution in [0.2, 0.25) is 0 Å². The zero-order chi connectivity index (χ0) is 28.8. The van der Waals surface area contributed by atoms with Crippen LogP contribution in [0.25, 0.3) is 0 Å². The number of amides is 2. The van der Waals surface area contributed by atoms with Gasteiger partial charge < -0.3 is 15.0 Å². The SMILES string of the molecule is CCOCCCNC(=O)C(Cc1ccccc1)N(Cc1ccccc1)C(=O)CN(Cc1ccccc1)S(C)(=O)=O. The molecule has 0 radical (unpaired) electrons. The van der Waals surface area contributed by atoms with Crippen LogP contribution in [-0.2, 0) is 43.9 Å². The normalized spacial score (nSPS) is 12.2. The number of carbonyl (C=O) groups excluding carboxylic acids is 2. The first-order valence-corrected chi connectivity index (χ1v) is 15.3. The topological polar surface area (TPSA) is 96.0 Å². The van der Waals surface area contributed by atoms with Crippen LogP contribution >= 0.6 is 0 Å². The van der Waals surface area contributed by atoms with E-state index in [0.717, 1.165) is 27.3 Å². The largest absolute Gasteiger partial charge is 0.382 e. The first-order valence-electron chi connectivity index (χ1n) is 13.5. The fourth-order valence-electron chi connectivity index (χ4n) is 4.30. The first kappa shape index (κ1) is 31.0. The quantitative estimate of drug-likeness (QED) is 0.268. The summed E-state index contributed by atoms with van der Waals surface area (Å²) in [5.74, 6) is -0.741. The minimum absolute atomic E-state index is 0.0531. The van der Waals surface area contributed by atoms with E-state index in [0.29, 0.717) is 26.2 Å². The van der Waals surface area contributed by atoms with Crippen LogP contribution in [0.5, 0.6) is 0 Å². The van der Waals surface area contributed by atoms with Gasteiger partial charge in [0.15, 0.2) is 0 Å². The molecule has 1 atom stereocenters. The van der Waals surface area contributed by atoms with E-state index in [4.69, 9.17) is 4.74 Å². The predicted molar refractivity (Wildman–Crippen MR) is 157 cm³/mol. The molecular formula is C31H39N3O5S. The number of ether oxygens (including phenoxy) is 1. The molecule has 0 saturated carbocycles. The van der Waals surface area contributed by atoms with Crippen molar-refractivity contribution in [2.24, 2.45) is 0 Å². The number of hydrogen-bond donors (Lipinski definition) is 1. The Labute approximate surface area is 238 Å². The Morgan fingerprint density at radius 1 is 0.825 bits per heavy atom. The Balaban J connectivity index is 1.92. The minimum atomic E-state index is -3.72. The van der Waals surface area contributed by atoms with Gasteiger partial charge >= 0.3 is 0 Å². The van der Waals surface area contributed by atoms with Crippen molar-refractivity contribution < 1.29 is 22.7 Å². The van der Waals surface area contributed by atoms with Gasteiger partial charge in [-0.1, -0.05) is 91.0 Å². The molecule has 1 unspecified atom stereocenters. The lowest BCUT2D eigenvalue weighted by Gasteiger charge is -2.33. The third-order valence-electron chi connectivity index (χ3n) is 6.42. The monoisotopic (exact) mass is 565 g/mol. The molecule has 2 amide bonds. The zero-order valence-electron chi connectivity index (χ0n) is 23.2. The number of carbonyl (C=O) groups is 2. The summed E-state index contributed by atoms with van der Waals surface area (Å²) in [6, 6.07) is 27.2. The summed E-state index contributed by atoms with van der Waals surface area (Å²) < 4.78 is 32.0. The van der Waals surface area contributed by atoms with Gasteiger partial charge in [-0.2, -0.15) is 4.31 Å². The summed E-state index contributed by atoms with van der Waals surface area (Å²) in [4.78, 5) is 29.1. The van der Waals surface area contributed by atoms with E-state index >= 15 is 0 Å². The number of sulfonamides is 1. The fraction of sp³-hybridized carbons (Fsp3) is 0.355. The Hall–Kier alpha value is -3.53. The van der Waals surface area contributed by atoms with E-state index in [9.17, 15) is 18.0 Å². The molecule has 3 aromatic carbocycles. The van der Waals surface area contributed by atoms with Gasteiger partial charge in [-0.15, -0.1) is 0 Å². The molecule has 0 aliphatic rings. The zero-order valence-corrected chi connectivity index (χ0v) is 24.1. The molecule has 0 aliphatic heterocycles. The fourth-order valence-corrected chi connectivity index (χ4v) is 5.03. The van der Waals surface area contributed by atoms with Gasteiger partial charge in [0.2, 0.25) is 21.8 Å². The molecule has 0 aliphatic carbocycles. The van der Waals surface area contributed by atoms with Crippen LogP contribution in [0.4, 0.5) is 0 Å². The summed E-state index contributed by atoms with van der Waals surface area (Å²) in [7, 11) is -3.72. The van der Waals surface area contributed by atoms with Crippen molar-refractivity contribution in [1.82, 2.24) is 14.5 Å². The van der Waals surface area contributed by atoms with Gasteiger partial charge in [0.1, 0.15) is 6.04 Å². The van der Waals surface area contributed by atoms with Crippen molar-refractivity contribution in [3.8, 4) is 0 Å². The van der Waals surface area contributed by atoms with E-state index in [2.05, 4.69) is 5.32 Å². The molecule has 0 heterocycles. The minimum Gasteiger partial charge on any atom is -0.382 e. The second kappa shape index (κ2) is 15.9. The molecular weight excluding hydrogens is 526 g/mol. The summed E-state index contributed by atoms with van der Waals surface area (Å²) in [5.41, 5.74) is 2.50.